The number of hydrogen-bond acceptors (Lipinski definition) is 5. The molecular weight excluding hydrogens is 433 g/mol. The molecule has 170 valence electrons. The van der Waals surface area contributed by atoms with Crippen molar-refractivity contribution in [2.24, 2.45) is 5.92 Å². The lowest BCUT2D eigenvalue weighted by Gasteiger charge is -2.35. The van der Waals surface area contributed by atoms with Crippen LogP contribution in [-0.2, 0) is 24.8 Å². The summed E-state index contributed by atoms with van der Waals surface area (Å²) in [5.74, 6) is -1.60. The molecule has 0 bridgehead atoms. The van der Waals surface area contributed by atoms with Crippen molar-refractivity contribution in [1.82, 2.24) is 14.3 Å². The highest BCUT2D eigenvalue weighted by molar-refractivity contribution is 7.89. The smallest absolute Gasteiger partial charge is 0.244 e. The lowest BCUT2D eigenvalue weighted by atomic mass is 10.0. The Bertz CT molecular complexity index is 943. The van der Waals surface area contributed by atoms with Crippen molar-refractivity contribution >= 4 is 26.0 Å². The summed E-state index contributed by atoms with van der Waals surface area (Å²) < 4.78 is 68.1. The van der Waals surface area contributed by atoms with E-state index in [1.807, 2.05) is 0 Å². The van der Waals surface area contributed by atoms with Crippen molar-refractivity contribution in [3.8, 4) is 0 Å². The number of likely N-dealkylation sites (tertiary alicyclic amines) is 1. The second-order valence-electron chi connectivity index (χ2n) is 7.81. The number of carbonyl (C=O) groups excluding carboxylic acids is 1. The zero-order chi connectivity index (χ0) is 22.5. The van der Waals surface area contributed by atoms with Crippen molar-refractivity contribution in [2.45, 2.75) is 57.0 Å². The summed E-state index contributed by atoms with van der Waals surface area (Å²) in [5, 5.41) is 0. The minimum Gasteiger partial charge on any atom is -0.341 e. The van der Waals surface area contributed by atoms with Crippen LogP contribution in [0.5, 0.6) is 0 Å². The van der Waals surface area contributed by atoms with Crippen LogP contribution in [0.1, 0.15) is 40.0 Å². The van der Waals surface area contributed by atoms with Crippen LogP contribution in [0.15, 0.2) is 29.2 Å². The first kappa shape index (κ1) is 24.7. The van der Waals surface area contributed by atoms with Crippen molar-refractivity contribution in [1.29, 1.82) is 0 Å². The molecule has 1 aromatic rings. The van der Waals surface area contributed by atoms with E-state index in [1.54, 1.807) is 20.8 Å². The molecule has 1 aliphatic heterocycles. The van der Waals surface area contributed by atoms with Gasteiger partial charge in [0.1, 0.15) is 16.8 Å². The molecule has 11 heteroatoms. The third-order valence-electron chi connectivity index (χ3n) is 4.97. The zero-order valence-corrected chi connectivity index (χ0v) is 19.1. The lowest BCUT2D eigenvalue weighted by molar-refractivity contribution is -0.135. The summed E-state index contributed by atoms with van der Waals surface area (Å²) in [6.45, 7) is 5.82. The fourth-order valence-corrected chi connectivity index (χ4v) is 6.18. The van der Waals surface area contributed by atoms with Crippen molar-refractivity contribution in [3.05, 3.63) is 30.1 Å². The van der Waals surface area contributed by atoms with E-state index in [4.69, 9.17) is 0 Å². The highest BCUT2D eigenvalue weighted by Gasteiger charge is 2.34. The predicted molar refractivity (Wildman–Crippen MR) is 112 cm³/mol. The summed E-state index contributed by atoms with van der Waals surface area (Å²) >= 11 is 0. The van der Waals surface area contributed by atoms with Crippen LogP contribution in [0.25, 0.3) is 0 Å². The van der Waals surface area contributed by atoms with Gasteiger partial charge in [-0.2, -0.15) is 4.72 Å². The Morgan fingerprint density at radius 3 is 2.30 bits per heavy atom. The fourth-order valence-electron chi connectivity index (χ4n) is 3.36. The first-order chi connectivity index (χ1) is 14.0. The highest BCUT2D eigenvalue weighted by Crippen LogP contribution is 2.19. The number of rotatable bonds is 9. The first-order valence-corrected chi connectivity index (χ1v) is 13.2. The molecular formula is C19H30FN3O5S2. The minimum absolute atomic E-state index is 0.0550. The molecule has 0 unspecified atom stereocenters. The van der Waals surface area contributed by atoms with E-state index in [0.29, 0.717) is 32.4 Å². The number of nitrogens with zero attached hydrogens (tertiary/aromatic N) is 1. The summed E-state index contributed by atoms with van der Waals surface area (Å²) in [6.07, 6.45) is 1.41. The third-order valence-corrected chi connectivity index (χ3v) is 8.08. The van der Waals surface area contributed by atoms with Gasteiger partial charge >= 0.3 is 0 Å². The van der Waals surface area contributed by atoms with Crippen LogP contribution < -0.4 is 9.44 Å². The van der Waals surface area contributed by atoms with E-state index in [0.717, 1.165) is 12.1 Å². The topological polar surface area (TPSA) is 113 Å². The Hall–Kier alpha value is -1.56. The second kappa shape index (κ2) is 10.2. The summed E-state index contributed by atoms with van der Waals surface area (Å²) in [6, 6.07) is 3.69. The van der Waals surface area contributed by atoms with Gasteiger partial charge in [0.15, 0.2) is 0 Å². The maximum Gasteiger partial charge on any atom is 0.244 e. The molecule has 1 atom stereocenters. The van der Waals surface area contributed by atoms with Crippen LogP contribution in [-0.4, -0.2) is 58.6 Å². The Morgan fingerprint density at radius 1 is 1.17 bits per heavy atom. The molecule has 0 spiro atoms. The molecule has 8 nitrogen and oxygen atoms in total. The van der Waals surface area contributed by atoms with Crippen LogP contribution >= 0.6 is 0 Å². The normalized spacial score (nSPS) is 17.3. The molecule has 0 aromatic heterocycles. The number of halogens is 1. The van der Waals surface area contributed by atoms with E-state index in [1.165, 1.54) is 17.0 Å². The molecule has 0 aliphatic carbocycles. The number of piperidine rings is 1. The van der Waals surface area contributed by atoms with Gasteiger partial charge in [0.25, 0.3) is 0 Å². The van der Waals surface area contributed by atoms with Crippen LogP contribution in [0.3, 0.4) is 0 Å². The third kappa shape index (κ3) is 6.47. The second-order valence-corrected chi connectivity index (χ2v) is 11.4. The van der Waals surface area contributed by atoms with Gasteiger partial charge in [0, 0.05) is 19.1 Å². The van der Waals surface area contributed by atoms with Gasteiger partial charge in [-0.05, 0) is 37.3 Å². The van der Waals surface area contributed by atoms with Gasteiger partial charge < -0.3 is 4.90 Å². The van der Waals surface area contributed by atoms with Gasteiger partial charge in [-0.25, -0.2) is 25.9 Å². The van der Waals surface area contributed by atoms with Crippen molar-refractivity contribution in [3.63, 3.8) is 0 Å². The van der Waals surface area contributed by atoms with Crippen molar-refractivity contribution < 1.29 is 26.0 Å². The summed E-state index contributed by atoms with van der Waals surface area (Å²) in [4.78, 5) is 14.0. The SMILES string of the molecule is CCCS(=O)(=O)NC1CCN(C(=O)[C@@H](NS(=O)(=O)c2ccccc2F)C(C)C)CC1. The van der Waals surface area contributed by atoms with E-state index >= 15 is 0 Å². The van der Waals surface area contributed by atoms with Crippen molar-refractivity contribution in [2.75, 3.05) is 18.8 Å². The van der Waals surface area contributed by atoms with Gasteiger partial charge in [0.2, 0.25) is 26.0 Å². The van der Waals surface area contributed by atoms with E-state index in [9.17, 15) is 26.0 Å². The molecule has 1 fully saturated rings. The molecule has 0 saturated carbocycles. The molecule has 1 heterocycles. The van der Waals surface area contributed by atoms with Gasteiger partial charge in [-0.15, -0.1) is 0 Å². The van der Waals surface area contributed by atoms with Crippen LogP contribution in [0, 0.1) is 11.7 Å². The molecule has 1 saturated heterocycles. The fraction of sp³-hybridized carbons (Fsp3) is 0.632. The van der Waals surface area contributed by atoms with Gasteiger partial charge in [-0.3, -0.25) is 4.79 Å². The molecule has 2 N–H and O–H groups in total. The predicted octanol–water partition coefficient (Wildman–Crippen LogP) is 1.45. The average molecular weight is 464 g/mol. The van der Waals surface area contributed by atoms with E-state index in [2.05, 4.69) is 9.44 Å². The Morgan fingerprint density at radius 2 is 1.77 bits per heavy atom. The lowest BCUT2D eigenvalue weighted by Crippen LogP contribution is -2.54. The molecule has 1 aromatic carbocycles. The number of nitrogens with one attached hydrogen (secondary N) is 2. The maximum absolute atomic E-state index is 14.0. The maximum atomic E-state index is 14.0. The minimum atomic E-state index is -4.22. The van der Waals surface area contributed by atoms with Gasteiger partial charge in [0.05, 0.1) is 5.75 Å². The van der Waals surface area contributed by atoms with E-state index < -0.39 is 42.7 Å². The average Bonchev–Trinajstić information content (AvgIpc) is 2.66. The highest BCUT2D eigenvalue weighted by atomic mass is 32.2. The van der Waals surface area contributed by atoms with Crippen LogP contribution in [0.4, 0.5) is 4.39 Å². The number of sulfonamides is 2. The quantitative estimate of drug-likeness (QED) is 0.576. The Kier molecular flexibility index (Phi) is 8.37. The number of amides is 1. The number of carbonyl (C=O) groups is 1. The number of benzene rings is 1. The Balaban J connectivity index is 2.06. The standard InChI is InChI=1S/C19H30FN3O5S2/c1-4-13-29(25,26)21-15-9-11-23(12-10-15)19(24)18(14(2)3)22-30(27,28)17-8-6-5-7-16(17)20/h5-8,14-15,18,21-22H,4,9-13H2,1-3H3/t18-/m0/s1. The number of hydrogen-bond donors (Lipinski definition) is 2. The summed E-state index contributed by atoms with van der Waals surface area (Å²) in [7, 11) is -7.56. The first-order valence-electron chi connectivity index (χ1n) is 10.0. The van der Waals surface area contributed by atoms with Crippen LogP contribution in [0.2, 0.25) is 0 Å². The van der Waals surface area contributed by atoms with E-state index in [-0.39, 0.29) is 17.7 Å². The van der Waals surface area contributed by atoms with Gasteiger partial charge in [-0.1, -0.05) is 32.9 Å². The zero-order valence-electron chi connectivity index (χ0n) is 17.5. The largest absolute Gasteiger partial charge is 0.341 e. The summed E-state index contributed by atoms with van der Waals surface area (Å²) in [5.41, 5.74) is 0. The molecule has 0 radical (unpaired) electrons. The molecule has 30 heavy (non-hydrogen) atoms. The molecule has 1 amide bonds. The molecule has 1 aliphatic rings. The Labute approximate surface area is 178 Å². The monoisotopic (exact) mass is 463 g/mol. The molecule has 2 rings (SSSR count).